The molecule has 0 spiro atoms. The van der Waals surface area contributed by atoms with Gasteiger partial charge in [0.05, 0.1) is 16.8 Å². The van der Waals surface area contributed by atoms with Crippen LogP contribution in [0.4, 0.5) is 0 Å². The van der Waals surface area contributed by atoms with Gasteiger partial charge in [-0.15, -0.1) is 0 Å². The molecule has 0 bridgehead atoms. The first-order valence-corrected chi connectivity index (χ1v) is 8.40. The second-order valence-electron chi connectivity index (χ2n) is 5.60. The number of hydrogen-bond donors (Lipinski definition) is 1. The molecule has 1 N–H and O–H groups in total. The normalized spacial score (nSPS) is 15.4. The SMILES string of the molecule is Cc1nscc1C(=O)N1CCC(NC(=O)c2cccnc2)CC1. The number of aryl methyl sites for hydroxylation is 1. The molecule has 7 heteroatoms. The lowest BCUT2D eigenvalue weighted by atomic mass is 10.0. The molecule has 1 aliphatic rings. The molecule has 0 aromatic carbocycles. The van der Waals surface area contributed by atoms with Crippen molar-refractivity contribution in [1.82, 2.24) is 19.6 Å². The Balaban J connectivity index is 1.54. The average Bonchev–Trinajstić information content (AvgIpc) is 3.02. The van der Waals surface area contributed by atoms with E-state index < -0.39 is 0 Å². The van der Waals surface area contributed by atoms with E-state index in [0.717, 1.165) is 18.5 Å². The fourth-order valence-electron chi connectivity index (χ4n) is 2.66. The van der Waals surface area contributed by atoms with Gasteiger partial charge in [-0.05, 0) is 43.4 Å². The molecule has 0 atom stereocenters. The molecule has 2 amide bonds. The van der Waals surface area contributed by atoms with Crippen molar-refractivity contribution < 1.29 is 9.59 Å². The van der Waals surface area contributed by atoms with Crippen LogP contribution in [0.25, 0.3) is 0 Å². The van der Waals surface area contributed by atoms with Crippen LogP contribution < -0.4 is 5.32 Å². The first kappa shape index (κ1) is 15.6. The number of rotatable bonds is 3. The molecular weight excluding hydrogens is 312 g/mol. The van der Waals surface area contributed by atoms with Gasteiger partial charge < -0.3 is 10.2 Å². The molecule has 0 unspecified atom stereocenters. The molecule has 2 aromatic heterocycles. The van der Waals surface area contributed by atoms with Crippen LogP contribution in [0.3, 0.4) is 0 Å². The molecule has 6 nitrogen and oxygen atoms in total. The molecule has 0 radical (unpaired) electrons. The molecule has 1 saturated heterocycles. The lowest BCUT2D eigenvalue weighted by Crippen LogP contribution is -2.46. The number of hydrogen-bond acceptors (Lipinski definition) is 5. The largest absolute Gasteiger partial charge is 0.349 e. The first-order chi connectivity index (χ1) is 11.1. The van der Waals surface area contributed by atoms with Crippen LogP contribution >= 0.6 is 11.5 Å². The third-order valence-corrected chi connectivity index (χ3v) is 4.74. The minimum Gasteiger partial charge on any atom is -0.349 e. The van der Waals surface area contributed by atoms with Crippen molar-refractivity contribution in [2.75, 3.05) is 13.1 Å². The van der Waals surface area contributed by atoms with E-state index in [1.54, 1.807) is 29.9 Å². The van der Waals surface area contributed by atoms with Gasteiger partial charge in [-0.3, -0.25) is 14.6 Å². The maximum atomic E-state index is 12.4. The fraction of sp³-hybridized carbons (Fsp3) is 0.375. The number of carbonyl (C=O) groups excluding carboxylic acids is 2. The van der Waals surface area contributed by atoms with Crippen LogP contribution in [0.1, 0.15) is 39.3 Å². The zero-order valence-corrected chi connectivity index (χ0v) is 13.7. The maximum absolute atomic E-state index is 12.4. The van der Waals surface area contributed by atoms with Gasteiger partial charge >= 0.3 is 0 Å². The summed E-state index contributed by atoms with van der Waals surface area (Å²) in [6.45, 7) is 3.14. The molecule has 0 saturated carbocycles. The molecule has 2 aromatic rings. The predicted octanol–water partition coefficient (Wildman–Crippen LogP) is 1.88. The van der Waals surface area contributed by atoms with E-state index in [1.807, 2.05) is 11.8 Å². The lowest BCUT2D eigenvalue weighted by molar-refractivity contribution is 0.0697. The number of piperidine rings is 1. The summed E-state index contributed by atoms with van der Waals surface area (Å²) in [6, 6.07) is 3.58. The van der Waals surface area contributed by atoms with E-state index >= 15 is 0 Å². The van der Waals surface area contributed by atoms with Gasteiger partial charge in [-0.25, -0.2) is 0 Å². The van der Waals surface area contributed by atoms with Gasteiger partial charge in [0, 0.05) is 36.9 Å². The molecule has 3 rings (SSSR count). The van der Waals surface area contributed by atoms with Gasteiger partial charge in [0.2, 0.25) is 0 Å². The minimum absolute atomic E-state index is 0.0354. The van der Waals surface area contributed by atoms with Crippen LogP contribution in [0.2, 0.25) is 0 Å². The Morgan fingerprint density at radius 2 is 2.13 bits per heavy atom. The Kier molecular flexibility index (Phi) is 4.66. The fourth-order valence-corrected chi connectivity index (χ4v) is 3.35. The number of nitrogens with zero attached hydrogens (tertiary/aromatic N) is 3. The van der Waals surface area contributed by atoms with Gasteiger partial charge in [-0.2, -0.15) is 4.37 Å². The van der Waals surface area contributed by atoms with Crippen molar-refractivity contribution in [3.8, 4) is 0 Å². The van der Waals surface area contributed by atoms with Crippen LogP contribution in [0.5, 0.6) is 0 Å². The quantitative estimate of drug-likeness (QED) is 0.932. The van der Waals surface area contributed by atoms with Crippen molar-refractivity contribution in [2.24, 2.45) is 0 Å². The van der Waals surface area contributed by atoms with Crippen molar-refractivity contribution in [3.63, 3.8) is 0 Å². The monoisotopic (exact) mass is 330 g/mol. The smallest absolute Gasteiger partial charge is 0.256 e. The van der Waals surface area contributed by atoms with E-state index in [2.05, 4.69) is 14.7 Å². The Hall–Kier alpha value is -2.28. The molecule has 23 heavy (non-hydrogen) atoms. The molecule has 120 valence electrons. The number of pyridine rings is 1. The highest BCUT2D eigenvalue weighted by atomic mass is 32.1. The summed E-state index contributed by atoms with van der Waals surface area (Å²) in [5.41, 5.74) is 2.03. The van der Waals surface area contributed by atoms with Gasteiger partial charge in [0.25, 0.3) is 11.8 Å². The van der Waals surface area contributed by atoms with E-state index in [9.17, 15) is 9.59 Å². The van der Waals surface area contributed by atoms with Gasteiger partial charge in [0.15, 0.2) is 0 Å². The summed E-state index contributed by atoms with van der Waals surface area (Å²) in [7, 11) is 0. The number of nitrogens with one attached hydrogen (secondary N) is 1. The van der Waals surface area contributed by atoms with Crippen LogP contribution in [0.15, 0.2) is 29.9 Å². The minimum atomic E-state index is -0.110. The average molecular weight is 330 g/mol. The van der Waals surface area contributed by atoms with Crippen molar-refractivity contribution >= 4 is 23.3 Å². The zero-order valence-electron chi connectivity index (χ0n) is 12.9. The second-order valence-corrected chi connectivity index (χ2v) is 6.22. The Morgan fingerprint density at radius 3 is 2.74 bits per heavy atom. The molecule has 1 fully saturated rings. The van der Waals surface area contributed by atoms with Crippen molar-refractivity contribution in [1.29, 1.82) is 0 Å². The standard InChI is InChI=1S/C16H18N4O2S/c1-11-14(10-23-19-11)16(22)20-7-4-13(5-8-20)18-15(21)12-3-2-6-17-9-12/h2-3,6,9-10,13H,4-5,7-8H2,1H3,(H,18,21). The van der Waals surface area contributed by atoms with Crippen LogP contribution in [-0.2, 0) is 0 Å². The molecular formula is C16H18N4O2S. The highest BCUT2D eigenvalue weighted by Crippen LogP contribution is 2.17. The highest BCUT2D eigenvalue weighted by Gasteiger charge is 2.26. The molecule has 1 aliphatic heterocycles. The zero-order chi connectivity index (χ0) is 16.2. The summed E-state index contributed by atoms with van der Waals surface area (Å²) in [5, 5.41) is 4.81. The third-order valence-electron chi connectivity index (χ3n) is 4.02. The third kappa shape index (κ3) is 3.56. The van der Waals surface area contributed by atoms with E-state index in [0.29, 0.717) is 24.2 Å². The number of amides is 2. The summed E-state index contributed by atoms with van der Waals surface area (Å²) in [5.74, 6) is -0.0750. The lowest BCUT2D eigenvalue weighted by Gasteiger charge is -2.32. The summed E-state index contributed by atoms with van der Waals surface area (Å²) >= 11 is 1.30. The van der Waals surface area contributed by atoms with E-state index in [4.69, 9.17) is 0 Å². The molecule has 3 heterocycles. The van der Waals surface area contributed by atoms with Crippen molar-refractivity contribution in [3.05, 3.63) is 46.7 Å². The van der Waals surface area contributed by atoms with E-state index in [-0.39, 0.29) is 17.9 Å². The van der Waals surface area contributed by atoms with Crippen LogP contribution in [0, 0.1) is 6.92 Å². The molecule has 0 aliphatic carbocycles. The van der Waals surface area contributed by atoms with Crippen molar-refractivity contribution in [2.45, 2.75) is 25.8 Å². The second kappa shape index (κ2) is 6.87. The topological polar surface area (TPSA) is 75.2 Å². The highest BCUT2D eigenvalue weighted by molar-refractivity contribution is 7.03. The summed E-state index contributed by atoms with van der Waals surface area (Å²) < 4.78 is 4.15. The number of aromatic nitrogens is 2. The summed E-state index contributed by atoms with van der Waals surface area (Å²) in [6.07, 6.45) is 4.71. The predicted molar refractivity (Wildman–Crippen MR) is 87.5 cm³/mol. The van der Waals surface area contributed by atoms with E-state index in [1.165, 1.54) is 11.5 Å². The van der Waals surface area contributed by atoms with Crippen LogP contribution in [-0.4, -0.2) is 45.2 Å². The first-order valence-electron chi connectivity index (χ1n) is 7.56. The maximum Gasteiger partial charge on any atom is 0.256 e. The Bertz CT molecular complexity index is 693. The van der Waals surface area contributed by atoms with Gasteiger partial charge in [0.1, 0.15) is 0 Å². The van der Waals surface area contributed by atoms with Gasteiger partial charge in [-0.1, -0.05) is 0 Å². The Morgan fingerprint density at radius 1 is 1.35 bits per heavy atom. The summed E-state index contributed by atoms with van der Waals surface area (Å²) in [4.78, 5) is 30.3. The number of likely N-dealkylation sites (tertiary alicyclic amines) is 1. The Labute approximate surface area is 138 Å². The number of carbonyl (C=O) groups is 2.